The van der Waals surface area contributed by atoms with Crippen molar-refractivity contribution in [1.82, 2.24) is 0 Å². The highest BCUT2D eigenvalue weighted by molar-refractivity contribution is 6.18. The molecule has 0 saturated carbocycles. The van der Waals surface area contributed by atoms with Gasteiger partial charge in [-0.3, -0.25) is 0 Å². The van der Waals surface area contributed by atoms with Crippen LogP contribution in [0.5, 0.6) is 0 Å². The van der Waals surface area contributed by atoms with E-state index >= 15 is 0 Å². The van der Waals surface area contributed by atoms with Gasteiger partial charge in [-0.25, -0.2) is 0 Å². The van der Waals surface area contributed by atoms with E-state index in [0.29, 0.717) is 0 Å². The van der Waals surface area contributed by atoms with E-state index in [4.69, 9.17) is 8.83 Å². The second-order valence-electron chi connectivity index (χ2n) is 11.4. The number of anilines is 3. The molecule has 9 aromatic rings. The van der Waals surface area contributed by atoms with E-state index in [0.717, 1.165) is 60.9 Å². The molecule has 45 heavy (non-hydrogen) atoms. The standard InChI is InChI=1S/C42H27NO2/c1-3-10-28(11-4-1)30-18-22-32(23-19-30)43(33-24-20-31(21-25-33)29-12-5-2-6-13-29)37-15-9-17-39-42(37)36-27-40-35(26-41(36)45-39)34-14-7-8-16-38(34)44-40/h1-27H. The molecule has 0 aliphatic carbocycles. The summed E-state index contributed by atoms with van der Waals surface area (Å²) < 4.78 is 12.8. The van der Waals surface area contributed by atoms with E-state index in [1.807, 2.05) is 36.4 Å². The number of para-hydroxylation sites is 1. The third kappa shape index (κ3) is 4.29. The van der Waals surface area contributed by atoms with Gasteiger partial charge >= 0.3 is 0 Å². The molecule has 0 aliphatic rings. The molecule has 0 saturated heterocycles. The van der Waals surface area contributed by atoms with Crippen molar-refractivity contribution < 1.29 is 8.83 Å². The lowest BCUT2D eigenvalue weighted by Gasteiger charge is -2.26. The SMILES string of the molecule is c1ccc(-c2ccc(N(c3ccc(-c4ccccc4)cc3)c3cccc4oc5cc6c(cc5c34)oc3ccccc36)cc2)cc1. The summed E-state index contributed by atoms with van der Waals surface area (Å²) in [7, 11) is 0. The van der Waals surface area contributed by atoms with Crippen molar-refractivity contribution in [2.24, 2.45) is 0 Å². The third-order valence-electron chi connectivity index (χ3n) is 8.68. The summed E-state index contributed by atoms with van der Waals surface area (Å²) in [4.78, 5) is 2.32. The Morgan fingerprint density at radius 1 is 0.333 bits per heavy atom. The molecule has 7 aromatic carbocycles. The number of furan rings is 2. The Kier molecular flexibility index (Phi) is 5.82. The zero-order valence-electron chi connectivity index (χ0n) is 24.4. The molecular formula is C42H27NO2. The number of rotatable bonds is 5. The average molecular weight is 578 g/mol. The first-order valence-electron chi connectivity index (χ1n) is 15.2. The number of nitrogens with zero attached hydrogens (tertiary/aromatic N) is 1. The smallest absolute Gasteiger partial charge is 0.137 e. The van der Waals surface area contributed by atoms with E-state index < -0.39 is 0 Å². The fraction of sp³-hybridized carbons (Fsp3) is 0. The van der Waals surface area contributed by atoms with Crippen LogP contribution in [0.1, 0.15) is 0 Å². The summed E-state index contributed by atoms with van der Waals surface area (Å²) in [6.45, 7) is 0. The van der Waals surface area contributed by atoms with Gasteiger partial charge in [0.05, 0.1) is 11.1 Å². The summed E-state index contributed by atoms with van der Waals surface area (Å²) >= 11 is 0. The Balaban J connectivity index is 1.25. The van der Waals surface area contributed by atoms with Crippen LogP contribution < -0.4 is 4.90 Å². The minimum atomic E-state index is 0.839. The molecule has 0 spiro atoms. The van der Waals surface area contributed by atoms with Crippen molar-refractivity contribution in [3.63, 3.8) is 0 Å². The summed E-state index contributed by atoms with van der Waals surface area (Å²) in [5.41, 5.74) is 11.3. The summed E-state index contributed by atoms with van der Waals surface area (Å²) in [5, 5.41) is 4.23. The van der Waals surface area contributed by atoms with E-state index in [1.165, 1.54) is 22.3 Å². The van der Waals surface area contributed by atoms with Crippen molar-refractivity contribution in [2.75, 3.05) is 4.90 Å². The molecule has 0 fully saturated rings. The minimum absolute atomic E-state index is 0.839. The molecule has 2 aromatic heterocycles. The lowest BCUT2D eigenvalue weighted by molar-refractivity contribution is 0.664. The van der Waals surface area contributed by atoms with Gasteiger partial charge in [-0.2, -0.15) is 0 Å². The van der Waals surface area contributed by atoms with E-state index in [9.17, 15) is 0 Å². The first-order valence-corrected chi connectivity index (χ1v) is 15.2. The Morgan fingerprint density at radius 2 is 0.822 bits per heavy atom. The first-order chi connectivity index (χ1) is 22.3. The highest BCUT2D eigenvalue weighted by Gasteiger charge is 2.21. The minimum Gasteiger partial charge on any atom is -0.456 e. The van der Waals surface area contributed by atoms with Crippen LogP contribution in [0.25, 0.3) is 66.1 Å². The maximum absolute atomic E-state index is 6.53. The van der Waals surface area contributed by atoms with Gasteiger partial charge in [-0.05, 0) is 76.9 Å². The van der Waals surface area contributed by atoms with E-state index in [2.05, 4.69) is 132 Å². The molecule has 0 unspecified atom stereocenters. The van der Waals surface area contributed by atoms with Gasteiger partial charge in [0.15, 0.2) is 0 Å². The predicted molar refractivity (Wildman–Crippen MR) is 187 cm³/mol. The quantitative estimate of drug-likeness (QED) is 0.204. The second-order valence-corrected chi connectivity index (χ2v) is 11.4. The maximum atomic E-state index is 6.53. The lowest BCUT2D eigenvalue weighted by Crippen LogP contribution is -2.10. The van der Waals surface area contributed by atoms with Crippen molar-refractivity contribution in [3.05, 3.63) is 164 Å². The normalized spacial score (nSPS) is 11.6. The molecule has 0 aliphatic heterocycles. The number of hydrogen-bond donors (Lipinski definition) is 0. The topological polar surface area (TPSA) is 29.5 Å². The molecule has 0 atom stereocenters. The van der Waals surface area contributed by atoms with Crippen molar-refractivity contribution in [1.29, 1.82) is 0 Å². The van der Waals surface area contributed by atoms with Crippen molar-refractivity contribution >= 4 is 60.9 Å². The van der Waals surface area contributed by atoms with E-state index in [1.54, 1.807) is 0 Å². The molecular weight excluding hydrogens is 550 g/mol. The Labute approximate surface area is 260 Å². The fourth-order valence-electron chi connectivity index (χ4n) is 6.51. The van der Waals surface area contributed by atoms with Crippen LogP contribution in [0.2, 0.25) is 0 Å². The highest BCUT2D eigenvalue weighted by atomic mass is 16.3. The van der Waals surface area contributed by atoms with Gasteiger partial charge in [0.25, 0.3) is 0 Å². The molecule has 0 amide bonds. The van der Waals surface area contributed by atoms with Crippen LogP contribution in [-0.2, 0) is 0 Å². The fourth-order valence-corrected chi connectivity index (χ4v) is 6.51. The first kappa shape index (κ1) is 25.4. The van der Waals surface area contributed by atoms with Gasteiger partial charge in [-0.15, -0.1) is 0 Å². The average Bonchev–Trinajstić information content (AvgIpc) is 3.66. The molecule has 212 valence electrons. The van der Waals surface area contributed by atoms with Crippen LogP contribution >= 0.6 is 0 Å². The second kappa shape index (κ2) is 10.3. The molecule has 0 bridgehead atoms. The maximum Gasteiger partial charge on any atom is 0.137 e. The number of hydrogen-bond acceptors (Lipinski definition) is 3. The highest BCUT2D eigenvalue weighted by Crippen LogP contribution is 2.45. The van der Waals surface area contributed by atoms with Crippen molar-refractivity contribution in [3.8, 4) is 22.3 Å². The Morgan fingerprint density at radius 3 is 1.47 bits per heavy atom. The molecule has 9 rings (SSSR count). The number of benzene rings is 7. The third-order valence-corrected chi connectivity index (χ3v) is 8.68. The van der Waals surface area contributed by atoms with E-state index in [-0.39, 0.29) is 0 Å². The summed E-state index contributed by atoms with van der Waals surface area (Å²) in [5.74, 6) is 0. The van der Waals surface area contributed by atoms with Crippen LogP contribution in [0, 0.1) is 0 Å². The molecule has 2 heterocycles. The van der Waals surface area contributed by atoms with Crippen LogP contribution in [0.15, 0.2) is 173 Å². The summed E-state index contributed by atoms with van der Waals surface area (Å²) in [6, 6.07) is 57.3. The van der Waals surface area contributed by atoms with Crippen LogP contribution in [0.3, 0.4) is 0 Å². The van der Waals surface area contributed by atoms with Gasteiger partial charge in [-0.1, -0.05) is 109 Å². The Bertz CT molecular complexity index is 2370. The van der Waals surface area contributed by atoms with Crippen molar-refractivity contribution in [2.45, 2.75) is 0 Å². The van der Waals surface area contributed by atoms with Gasteiger partial charge in [0.1, 0.15) is 22.3 Å². The summed E-state index contributed by atoms with van der Waals surface area (Å²) in [6.07, 6.45) is 0. The van der Waals surface area contributed by atoms with Crippen LogP contribution in [0.4, 0.5) is 17.1 Å². The van der Waals surface area contributed by atoms with Gasteiger partial charge < -0.3 is 13.7 Å². The molecule has 0 radical (unpaired) electrons. The largest absolute Gasteiger partial charge is 0.456 e. The molecule has 0 N–H and O–H groups in total. The number of fused-ring (bicyclic) bond motifs is 6. The van der Waals surface area contributed by atoms with Crippen LogP contribution in [-0.4, -0.2) is 0 Å². The monoisotopic (exact) mass is 577 g/mol. The van der Waals surface area contributed by atoms with Gasteiger partial charge in [0.2, 0.25) is 0 Å². The zero-order valence-corrected chi connectivity index (χ0v) is 24.4. The predicted octanol–water partition coefficient (Wildman–Crippen LogP) is 12.3. The lowest BCUT2D eigenvalue weighted by atomic mass is 10.0. The molecule has 3 nitrogen and oxygen atoms in total. The zero-order chi connectivity index (χ0) is 29.7. The van der Waals surface area contributed by atoms with Gasteiger partial charge in [0, 0.05) is 27.5 Å². The molecule has 3 heteroatoms. The Hall–Kier alpha value is -6.06.